The summed E-state index contributed by atoms with van der Waals surface area (Å²) < 4.78 is 3.50. The first-order valence-electron chi connectivity index (χ1n) is 7.41. The molecule has 0 saturated heterocycles. The molecule has 0 atom stereocenters. The summed E-state index contributed by atoms with van der Waals surface area (Å²) in [6, 6.07) is 7.14. The first-order chi connectivity index (χ1) is 11.2. The number of benzene rings is 1. The first-order valence-corrected chi connectivity index (χ1v) is 7.41. The van der Waals surface area contributed by atoms with Crippen LogP contribution in [0, 0.1) is 0 Å². The summed E-state index contributed by atoms with van der Waals surface area (Å²) in [5.41, 5.74) is 0.520. The zero-order valence-electron chi connectivity index (χ0n) is 12.6. The Bertz CT molecular complexity index is 854. The largest absolute Gasteiger partial charge is 0.354 e. The highest BCUT2D eigenvalue weighted by atomic mass is 16.2. The molecule has 23 heavy (non-hydrogen) atoms. The van der Waals surface area contributed by atoms with Gasteiger partial charge < -0.3 is 9.88 Å². The monoisotopic (exact) mass is 311 g/mol. The number of aromatic nitrogens is 4. The molecule has 3 rings (SSSR count). The van der Waals surface area contributed by atoms with E-state index in [9.17, 15) is 9.59 Å². The van der Waals surface area contributed by atoms with Crippen LogP contribution in [0.5, 0.6) is 0 Å². The Morgan fingerprint density at radius 2 is 2.13 bits per heavy atom. The molecular formula is C16H17N5O2. The lowest BCUT2D eigenvalue weighted by Gasteiger charge is -2.10. The van der Waals surface area contributed by atoms with Gasteiger partial charge in [-0.15, -0.1) is 0 Å². The van der Waals surface area contributed by atoms with Crippen molar-refractivity contribution in [3.63, 3.8) is 0 Å². The second kappa shape index (κ2) is 6.87. The lowest BCUT2D eigenvalue weighted by Crippen LogP contribution is -2.30. The third kappa shape index (κ3) is 3.63. The highest BCUT2D eigenvalue weighted by Crippen LogP contribution is 2.07. The van der Waals surface area contributed by atoms with Gasteiger partial charge in [-0.25, -0.2) is 4.98 Å². The summed E-state index contributed by atoms with van der Waals surface area (Å²) in [7, 11) is 0. The molecule has 0 aliphatic rings. The van der Waals surface area contributed by atoms with Crippen LogP contribution in [0.3, 0.4) is 0 Å². The number of carbonyl (C=O) groups is 1. The van der Waals surface area contributed by atoms with Crippen molar-refractivity contribution in [1.29, 1.82) is 0 Å². The predicted octanol–water partition coefficient (Wildman–Crippen LogP) is 0.799. The molecule has 0 unspecified atom stereocenters. The van der Waals surface area contributed by atoms with E-state index in [-0.39, 0.29) is 17.9 Å². The maximum atomic E-state index is 12.0. The van der Waals surface area contributed by atoms with Crippen molar-refractivity contribution in [2.75, 3.05) is 6.54 Å². The van der Waals surface area contributed by atoms with E-state index in [0.29, 0.717) is 17.4 Å². The Morgan fingerprint density at radius 1 is 1.26 bits per heavy atom. The Labute approximate surface area is 132 Å². The van der Waals surface area contributed by atoms with Gasteiger partial charge >= 0.3 is 0 Å². The number of carbonyl (C=O) groups excluding carboxylic acids is 1. The molecule has 1 amide bonds. The molecular weight excluding hydrogens is 294 g/mol. The minimum Gasteiger partial charge on any atom is -0.354 e. The highest BCUT2D eigenvalue weighted by molar-refractivity contribution is 5.81. The molecule has 3 aromatic rings. The summed E-state index contributed by atoms with van der Waals surface area (Å²) in [5.74, 6) is -0.128. The molecule has 0 bridgehead atoms. The number of hydrogen-bond donors (Lipinski definition) is 1. The van der Waals surface area contributed by atoms with Gasteiger partial charge in [-0.2, -0.15) is 5.10 Å². The van der Waals surface area contributed by atoms with E-state index in [4.69, 9.17) is 0 Å². The zero-order valence-corrected chi connectivity index (χ0v) is 12.6. The maximum absolute atomic E-state index is 12.0. The molecule has 0 fully saturated rings. The fraction of sp³-hybridized carbons (Fsp3) is 0.250. The van der Waals surface area contributed by atoms with E-state index in [2.05, 4.69) is 15.4 Å². The predicted molar refractivity (Wildman–Crippen MR) is 85.9 cm³/mol. The third-order valence-electron chi connectivity index (χ3n) is 3.53. The number of amides is 1. The molecule has 7 nitrogen and oxygen atoms in total. The molecule has 0 aliphatic heterocycles. The van der Waals surface area contributed by atoms with E-state index in [1.54, 1.807) is 35.4 Å². The Kier molecular flexibility index (Phi) is 4.46. The van der Waals surface area contributed by atoms with Crippen molar-refractivity contribution in [3.05, 3.63) is 59.4 Å². The number of para-hydroxylation sites is 1. The van der Waals surface area contributed by atoms with Crippen LogP contribution >= 0.6 is 0 Å². The van der Waals surface area contributed by atoms with E-state index in [1.807, 2.05) is 16.8 Å². The van der Waals surface area contributed by atoms with E-state index >= 15 is 0 Å². The molecule has 7 heteroatoms. The molecule has 0 spiro atoms. The fourth-order valence-corrected chi connectivity index (χ4v) is 2.39. The van der Waals surface area contributed by atoms with Crippen molar-refractivity contribution in [2.45, 2.75) is 19.5 Å². The SMILES string of the molecule is O=C(Cn1ncc(=O)c2ccccc21)NCCCn1ccnc1. The van der Waals surface area contributed by atoms with Crippen LogP contribution in [-0.2, 0) is 17.9 Å². The summed E-state index contributed by atoms with van der Waals surface area (Å²) in [6.07, 6.45) is 7.43. The van der Waals surface area contributed by atoms with Gasteiger partial charge in [0.25, 0.3) is 0 Å². The lowest BCUT2D eigenvalue weighted by molar-refractivity contribution is -0.121. The maximum Gasteiger partial charge on any atom is 0.241 e. The van der Waals surface area contributed by atoms with Crippen LogP contribution in [0.2, 0.25) is 0 Å². The quantitative estimate of drug-likeness (QED) is 0.683. The number of imidazole rings is 1. The minimum atomic E-state index is -0.141. The second-order valence-corrected chi connectivity index (χ2v) is 5.19. The van der Waals surface area contributed by atoms with Crippen LogP contribution in [-0.4, -0.2) is 31.8 Å². The van der Waals surface area contributed by atoms with Gasteiger partial charge in [0.1, 0.15) is 6.54 Å². The lowest BCUT2D eigenvalue weighted by atomic mass is 10.2. The van der Waals surface area contributed by atoms with Crippen molar-refractivity contribution in [1.82, 2.24) is 24.6 Å². The van der Waals surface area contributed by atoms with Gasteiger partial charge in [0.2, 0.25) is 11.3 Å². The zero-order chi connectivity index (χ0) is 16.1. The van der Waals surface area contributed by atoms with Crippen molar-refractivity contribution in [3.8, 4) is 0 Å². The number of nitrogens with one attached hydrogen (secondary N) is 1. The molecule has 0 radical (unpaired) electrons. The first kappa shape index (κ1) is 15.0. The second-order valence-electron chi connectivity index (χ2n) is 5.19. The Balaban J connectivity index is 1.58. The van der Waals surface area contributed by atoms with E-state index in [1.165, 1.54) is 6.20 Å². The number of nitrogens with zero attached hydrogens (tertiary/aromatic N) is 4. The van der Waals surface area contributed by atoms with E-state index in [0.717, 1.165) is 13.0 Å². The van der Waals surface area contributed by atoms with Crippen molar-refractivity contribution in [2.24, 2.45) is 0 Å². The van der Waals surface area contributed by atoms with E-state index < -0.39 is 0 Å². The van der Waals surface area contributed by atoms with Gasteiger partial charge in [-0.3, -0.25) is 14.3 Å². The third-order valence-corrected chi connectivity index (χ3v) is 3.53. The van der Waals surface area contributed by atoms with Gasteiger partial charge in [-0.1, -0.05) is 12.1 Å². The van der Waals surface area contributed by atoms with Crippen LogP contribution in [0.15, 0.2) is 54.0 Å². The van der Waals surface area contributed by atoms with Crippen molar-refractivity contribution < 1.29 is 4.79 Å². The smallest absolute Gasteiger partial charge is 0.241 e. The number of rotatable bonds is 6. The number of fused-ring (bicyclic) bond motifs is 1. The molecule has 2 heterocycles. The van der Waals surface area contributed by atoms with Gasteiger partial charge in [0.05, 0.1) is 18.0 Å². The molecule has 1 aromatic carbocycles. The van der Waals surface area contributed by atoms with Gasteiger partial charge in [0.15, 0.2) is 0 Å². The topological polar surface area (TPSA) is 81.8 Å². The van der Waals surface area contributed by atoms with Crippen LogP contribution in [0.1, 0.15) is 6.42 Å². The average Bonchev–Trinajstić information content (AvgIpc) is 3.08. The number of aryl methyl sites for hydroxylation is 1. The van der Waals surface area contributed by atoms with Gasteiger partial charge in [-0.05, 0) is 18.6 Å². The standard InChI is InChI=1S/C16H17N5O2/c22-15-10-19-21(14-5-2-1-4-13(14)15)11-16(23)18-6-3-8-20-9-7-17-12-20/h1-2,4-5,7,9-10,12H,3,6,8,11H2,(H,18,23). The van der Waals surface area contributed by atoms with Crippen molar-refractivity contribution >= 4 is 16.8 Å². The number of hydrogen-bond acceptors (Lipinski definition) is 4. The van der Waals surface area contributed by atoms with Crippen LogP contribution in [0.25, 0.3) is 10.9 Å². The molecule has 0 aliphatic carbocycles. The normalized spacial score (nSPS) is 10.8. The summed E-state index contributed by atoms with van der Waals surface area (Å²) in [4.78, 5) is 27.8. The average molecular weight is 311 g/mol. The summed E-state index contributed by atoms with van der Waals surface area (Å²) >= 11 is 0. The molecule has 0 saturated carbocycles. The molecule has 118 valence electrons. The highest BCUT2D eigenvalue weighted by Gasteiger charge is 2.07. The molecule has 2 aromatic heterocycles. The summed E-state index contributed by atoms with van der Waals surface area (Å²) in [5, 5.41) is 7.47. The van der Waals surface area contributed by atoms with Crippen LogP contribution < -0.4 is 10.7 Å². The van der Waals surface area contributed by atoms with Gasteiger partial charge in [0, 0.05) is 30.9 Å². The fourth-order valence-electron chi connectivity index (χ4n) is 2.39. The van der Waals surface area contributed by atoms with Crippen LogP contribution in [0.4, 0.5) is 0 Å². The minimum absolute atomic E-state index is 0.0892. The Hall–Kier alpha value is -2.96. The Morgan fingerprint density at radius 3 is 2.96 bits per heavy atom. The molecule has 1 N–H and O–H groups in total. The summed E-state index contributed by atoms with van der Waals surface area (Å²) in [6.45, 7) is 1.47.